The van der Waals surface area contributed by atoms with Gasteiger partial charge in [0, 0.05) is 12.2 Å². The third kappa shape index (κ3) is 1.90. The summed E-state index contributed by atoms with van der Waals surface area (Å²) >= 11 is 11.6. The van der Waals surface area contributed by atoms with Gasteiger partial charge in [-0.05, 0) is 49.0 Å². The van der Waals surface area contributed by atoms with Gasteiger partial charge in [-0.25, -0.2) is 18.1 Å². The summed E-state index contributed by atoms with van der Waals surface area (Å²) in [5.41, 5.74) is 0. The maximum absolute atomic E-state index is 12.4. The topological polar surface area (TPSA) is 59.1 Å². The number of nitrogens with one attached hydrogen (secondary N) is 1. The van der Waals surface area contributed by atoms with Crippen LogP contribution in [0.4, 0.5) is 0 Å². The Balaban J connectivity index is 1.55. The Hall–Kier alpha value is -0.360. The van der Waals surface area contributed by atoms with Gasteiger partial charge in [0.05, 0.1) is 5.02 Å². The van der Waals surface area contributed by atoms with Gasteiger partial charge in [-0.3, -0.25) is 0 Å². The highest BCUT2D eigenvalue weighted by Crippen LogP contribution is 2.65. The molecule has 3 aliphatic rings. The quantitative estimate of drug-likeness (QED) is 0.866. The molecular formula is C13H14Cl2N2O2S. The predicted molar refractivity (Wildman–Crippen MR) is 76.2 cm³/mol. The molecule has 0 radical (unpaired) electrons. The predicted octanol–water partition coefficient (Wildman–Crippen LogP) is 2.71. The molecule has 0 saturated heterocycles. The van der Waals surface area contributed by atoms with Gasteiger partial charge in [0.1, 0.15) is 10.0 Å². The Labute approximate surface area is 127 Å². The van der Waals surface area contributed by atoms with Crippen LogP contribution in [0.25, 0.3) is 0 Å². The van der Waals surface area contributed by atoms with E-state index in [-0.39, 0.29) is 21.1 Å². The number of halogens is 2. The van der Waals surface area contributed by atoms with Crippen LogP contribution in [0.2, 0.25) is 10.2 Å². The summed E-state index contributed by atoms with van der Waals surface area (Å²) in [6.07, 6.45) is 5.07. The van der Waals surface area contributed by atoms with E-state index in [0.717, 1.165) is 11.8 Å². The minimum atomic E-state index is -3.55. The zero-order valence-electron chi connectivity index (χ0n) is 10.6. The molecule has 4 nitrogen and oxygen atoms in total. The zero-order chi connectivity index (χ0) is 14.1. The van der Waals surface area contributed by atoms with E-state index in [2.05, 4.69) is 9.71 Å². The van der Waals surface area contributed by atoms with E-state index in [1.165, 1.54) is 31.5 Å². The summed E-state index contributed by atoms with van der Waals surface area (Å²) in [5.74, 6) is 2.56. The molecule has 0 spiro atoms. The van der Waals surface area contributed by atoms with Crippen molar-refractivity contribution in [2.45, 2.75) is 30.2 Å². The number of nitrogens with zero attached hydrogens (tertiary/aromatic N) is 1. The molecule has 0 amide bonds. The highest BCUT2D eigenvalue weighted by atomic mass is 35.5. The van der Waals surface area contributed by atoms with E-state index in [1.54, 1.807) is 0 Å². The van der Waals surface area contributed by atoms with E-state index in [0.29, 0.717) is 11.8 Å². The third-order valence-corrected chi connectivity index (χ3v) is 7.22. The number of rotatable bonds is 3. The molecule has 1 aromatic heterocycles. The largest absolute Gasteiger partial charge is 0.242 e. The Kier molecular flexibility index (Phi) is 2.88. The first-order valence-corrected chi connectivity index (χ1v) is 9.04. The van der Waals surface area contributed by atoms with Gasteiger partial charge in [0.25, 0.3) is 0 Å². The second-order valence-electron chi connectivity index (χ2n) is 6.08. The fraction of sp³-hybridized carbons (Fsp3) is 0.615. The van der Waals surface area contributed by atoms with Crippen molar-refractivity contribution in [2.24, 2.45) is 23.7 Å². The fourth-order valence-electron chi connectivity index (χ4n) is 4.28. The highest BCUT2D eigenvalue weighted by molar-refractivity contribution is 7.89. The lowest BCUT2D eigenvalue weighted by Gasteiger charge is -2.11. The average Bonchev–Trinajstić information content (AvgIpc) is 2.81. The zero-order valence-corrected chi connectivity index (χ0v) is 12.9. The monoisotopic (exact) mass is 332 g/mol. The van der Waals surface area contributed by atoms with Gasteiger partial charge in [-0.1, -0.05) is 23.2 Å². The van der Waals surface area contributed by atoms with E-state index < -0.39 is 10.0 Å². The minimum Gasteiger partial charge on any atom is -0.242 e. The van der Waals surface area contributed by atoms with Crippen molar-refractivity contribution in [1.29, 1.82) is 0 Å². The van der Waals surface area contributed by atoms with Crippen LogP contribution < -0.4 is 4.72 Å². The summed E-state index contributed by atoms with van der Waals surface area (Å²) in [4.78, 5) is 3.89. The number of hydrogen-bond donors (Lipinski definition) is 1. The first-order valence-electron chi connectivity index (χ1n) is 6.81. The van der Waals surface area contributed by atoms with Crippen LogP contribution in [0.3, 0.4) is 0 Å². The molecule has 4 atom stereocenters. The number of sulfonamides is 1. The minimum absolute atomic E-state index is 0.0872. The average molecular weight is 333 g/mol. The standard InChI is InChI=1S/C13H14Cl2N2O2S/c14-9-4-8(5-16-13(9)15)20(18,19)17-12-10-6-1-2-7(3-6)11(10)12/h4-7,10-12,17H,1-3H2. The first kappa shape index (κ1) is 13.3. The normalized spacial score (nSPS) is 38.0. The van der Waals surface area contributed by atoms with Crippen LogP contribution in [0, 0.1) is 23.7 Å². The summed E-state index contributed by atoms with van der Waals surface area (Å²) in [7, 11) is -3.55. The van der Waals surface area contributed by atoms with Gasteiger partial charge in [0.15, 0.2) is 0 Å². The van der Waals surface area contributed by atoms with E-state index in [9.17, 15) is 8.42 Å². The second-order valence-corrected chi connectivity index (χ2v) is 8.56. The lowest BCUT2D eigenvalue weighted by atomic mass is 10.0. The van der Waals surface area contributed by atoms with Crippen molar-refractivity contribution >= 4 is 33.2 Å². The smallest absolute Gasteiger partial charge is 0.242 e. The lowest BCUT2D eigenvalue weighted by molar-refractivity contribution is 0.456. The maximum atomic E-state index is 12.4. The van der Waals surface area contributed by atoms with Crippen LogP contribution in [0.1, 0.15) is 19.3 Å². The van der Waals surface area contributed by atoms with Gasteiger partial charge >= 0.3 is 0 Å². The van der Waals surface area contributed by atoms with Crippen LogP contribution in [0.15, 0.2) is 17.2 Å². The third-order valence-electron chi connectivity index (χ3n) is 5.11. The van der Waals surface area contributed by atoms with Crippen molar-refractivity contribution in [3.05, 3.63) is 22.4 Å². The molecule has 7 heteroatoms. The second kappa shape index (κ2) is 4.32. The Bertz CT molecular complexity index is 663. The number of pyridine rings is 1. The molecule has 0 aliphatic heterocycles. The van der Waals surface area contributed by atoms with Crippen molar-refractivity contribution in [3.8, 4) is 0 Å². The molecule has 20 heavy (non-hydrogen) atoms. The molecule has 1 heterocycles. The maximum Gasteiger partial charge on any atom is 0.242 e. The molecule has 2 bridgehead atoms. The van der Waals surface area contributed by atoms with E-state index >= 15 is 0 Å². The lowest BCUT2D eigenvalue weighted by Crippen LogP contribution is -2.30. The van der Waals surface area contributed by atoms with Crippen LogP contribution >= 0.6 is 23.2 Å². The SMILES string of the molecule is O=S(=O)(NC1C2C3CCC(C3)C12)c1cnc(Cl)c(Cl)c1. The number of aromatic nitrogens is 1. The fourth-order valence-corrected chi connectivity index (χ4v) is 5.89. The first-order chi connectivity index (χ1) is 9.47. The molecule has 1 aromatic rings. The van der Waals surface area contributed by atoms with Crippen LogP contribution in [-0.4, -0.2) is 19.4 Å². The molecule has 1 N–H and O–H groups in total. The van der Waals surface area contributed by atoms with Crippen molar-refractivity contribution in [3.63, 3.8) is 0 Å². The van der Waals surface area contributed by atoms with Crippen LogP contribution in [-0.2, 0) is 10.0 Å². The molecule has 3 fully saturated rings. The van der Waals surface area contributed by atoms with Gasteiger partial charge in [-0.2, -0.15) is 0 Å². The van der Waals surface area contributed by atoms with E-state index in [4.69, 9.17) is 23.2 Å². The van der Waals surface area contributed by atoms with Gasteiger partial charge in [0.2, 0.25) is 10.0 Å². The molecule has 3 saturated carbocycles. The summed E-state index contributed by atoms with van der Waals surface area (Å²) < 4.78 is 27.5. The van der Waals surface area contributed by atoms with Crippen LogP contribution in [0.5, 0.6) is 0 Å². The van der Waals surface area contributed by atoms with Gasteiger partial charge < -0.3 is 0 Å². The molecule has 108 valence electrons. The Morgan fingerprint density at radius 2 is 1.85 bits per heavy atom. The summed E-state index contributed by atoms with van der Waals surface area (Å²) in [6.45, 7) is 0. The highest BCUT2D eigenvalue weighted by Gasteiger charge is 2.65. The Morgan fingerprint density at radius 3 is 2.45 bits per heavy atom. The van der Waals surface area contributed by atoms with E-state index in [1.807, 2.05) is 0 Å². The van der Waals surface area contributed by atoms with Gasteiger partial charge in [-0.15, -0.1) is 0 Å². The summed E-state index contributed by atoms with van der Waals surface area (Å²) in [5, 5.41) is 0.276. The molecule has 0 aromatic carbocycles. The van der Waals surface area contributed by atoms with Crippen molar-refractivity contribution in [2.75, 3.05) is 0 Å². The Morgan fingerprint density at radius 1 is 1.20 bits per heavy atom. The van der Waals surface area contributed by atoms with Crippen molar-refractivity contribution < 1.29 is 8.42 Å². The molecular weight excluding hydrogens is 319 g/mol. The van der Waals surface area contributed by atoms with Crippen molar-refractivity contribution in [1.82, 2.24) is 9.71 Å². The summed E-state index contributed by atoms with van der Waals surface area (Å²) in [6, 6.07) is 1.46. The molecule has 4 rings (SSSR count). The molecule has 3 aliphatic carbocycles. The number of fused-ring (bicyclic) bond motifs is 5. The molecule has 4 unspecified atom stereocenters. The number of hydrogen-bond acceptors (Lipinski definition) is 3.